The van der Waals surface area contributed by atoms with Crippen LogP contribution in [-0.4, -0.2) is 47.4 Å². The molecule has 118 valence electrons. The van der Waals surface area contributed by atoms with E-state index in [4.69, 9.17) is 20.7 Å². The van der Waals surface area contributed by atoms with Gasteiger partial charge in [0, 0.05) is 23.9 Å². The third-order valence-electron chi connectivity index (χ3n) is 2.71. The van der Waals surface area contributed by atoms with Gasteiger partial charge >= 0.3 is 0 Å². The topological polar surface area (TPSA) is 105 Å². The maximum atomic E-state index is 11.8. The fraction of sp³-hybridized carbons (Fsp3) is 0.500. The number of anilines is 2. The van der Waals surface area contributed by atoms with E-state index in [2.05, 4.69) is 5.32 Å². The fourth-order valence-electron chi connectivity index (χ4n) is 1.63. The Morgan fingerprint density at radius 2 is 2.29 bits per heavy atom. The third-order valence-corrected chi connectivity index (χ3v) is 3.91. The van der Waals surface area contributed by atoms with Crippen molar-refractivity contribution in [3.8, 4) is 5.75 Å². The number of carbonyl (C=O) groups excluding carboxylic acids is 1. The number of methoxy groups -OCH3 is 1. The Bertz CT molecular complexity index is 457. The van der Waals surface area contributed by atoms with Crippen LogP contribution in [0.5, 0.6) is 5.75 Å². The van der Waals surface area contributed by atoms with Gasteiger partial charge < -0.3 is 26.0 Å². The molecular weight excluding hydrogens is 292 g/mol. The van der Waals surface area contributed by atoms with Crippen LogP contribution in [0.1, 0.15) is 12.8 Å². The van der Waals surface area contributed by atoms with Crippen LogP contribution >= 0.6 is 11.8 Å². The number of carbonyl (C=O) groups is 1. The number of nitrogens with one attached hydrogen (secondary N) is 1. The van der Waals surface area contributed by atoms with E-state index in [9.17, 15) is 4.79 Å². The molecule has 1 aromatic rings. The molecule has 0 fully saturated rings. The molecule has 1 rings (SSSR count). The summed E-state index contributed by atoms with van der Waals surface area (Å²) in [7, 11) is 1.52. The minimum Gasteiger partial charge on any atom is -0.494 e. The average molecular weight is 314 g/mol. The highest BCUT2D eigenvalue weighted by atomic mass is 32.2. The van der Waals surface area contributed by atoms with Gasteiger partial charge in [0.05, 0.1) is 25.5 Å². The average Bonchev–Trinajstić information content (AvgIpc) is 2.48. The van der Waals surface area contributed by atoms with Gasteiger partial charge in [-0.15, -0.1) is 0 Å². The number of ether oxygens (including phenoxy) is 1. The minimum atomic E-state index is -0.692. The normalized spacial score (nSPS) is 12.0. The first-order chi connectivity index (χ1) is 10.1. The van der Waals surface area contributed by atoms with Gasteiger partial charge in [-0.05, 0) is 24.3 Å². The van der Waals surface area contributed by atoms with E-state index >= 15 is 0 Å². The van der Waals surface area contributed by atoms with Crippen LogP contribution in [0.25, 0.3) is 0 Å². The molecular formula is C14H22N2O4S. The van der Waals surface area contributed by atoms with E-state index in [1.54, 1.807) is 18.2 Å². The molecule has 7 heteroatoms. The van der Waals surface area contributed by atoms with Crippen molar-refractivity contribution in [3.63, 3.8) is 0 Å². The number of aliphatic hydroxyl groups excluding tert-OH is 2. The van der Waals surface area contributed by atoms with Crippen molar-refractivity contribution in [2.45, 2.75) is 18.9 Å². The quantitative estimate of drug-likeness (QED) is 0.402. The van der Waals surface area contributed by atoms with Crippen molar-refractivity contribution in [2.24, 2.45) is 0 Å². The van der Waals surface area contributed by atoms with E-state index in [0.717, 1.165) is 5.75 Å². The number of rotatable bonds is 9. The molecule has 5 N–H and O–H groups in total. The highest BCUT2D eigenvalue weighted by Gasteiger charge is 2.08. The van der Waals surface area contributed by atoms with Crippen LogP contribution < -0.4 is 15.8 Å². The second kappa shape index (κ2) is 9.49. The summed E-state index contributed by atoms with van der Waals surface area (Å²) in [6.45, 7) is -0.232. The number of aliphatic hydroxyl groups is 2. The Kier molecular flexibility index (Phi) is 7.96. The Hall–Kier alpha value is -1.44. The lowest BCUT2D eigenvalue weighted by atomic mass is 10.2. The minimum absolute atomic E-state index is 0.0959. The smallest absolute Gasteiger partial charge is 0.224 e. The molecule has 0 saturated carbocycles. The monoisotopic (exact) mass is 314 g/mol. The Morgan fingerprint density at radius 3 is 2.95 bits per heavy atom. The van der Waals surface area contributed by atoms with Crippen molar-refractivity contribution in [1.82, 2.24) is 0 Å². The Labute approximate surface area is 128 Å². The van der Waals surface area contributed by atoms with E-state index < -0.39 is 6.10 Å². The van der Waals surface area contributed by atoms with Gasteiger partial charge in [0.2, 0.25) is 5.91 Å². The molecule has 0 saturated heterocycles. The Morgan fingerprint density at radius 1 is 1.52 bits per heavy atom. The van der Waals surface area contributed by atoms with Gasteiger partial charge in [0.15, 0.2) is 0 Å². The number of hydrogen-bond acceptors (Lipinski definition) is 6. The molecule has 1 atom stereocenters. The van der Waals surface area contributed by atoms with Crippen LogP contribution in [0.4, 0.5) is 11.4 Å². The SMILES string of the molecule is COc1cc(N)ccc1NC(=O)CCCSCC(O)CO. The van der Waals surface area contributed by atoms with Crippen LogP contribution in [0, 0.1) is 0 Å². The van der Waals surface area contributed by atoms with Gasteiger partial charge in [-0.25, -0.2) is 0 Å². The Balaban J connectivity index is 2.31. The summed E-state index contributed by atoms with van der Waals surface area (Å²) < 4.78 is 5.16. The van der Waals surface area contributed by atoms with Crippen molar-refractivity contribution in [2.75, 3.05) is 36.3 Å². The maximum Gasteiger partial charge on any atom is 0.224 e. The zero-order valence-electron chi connectivity index (χ0n) is 12.0. The molecule has 0 aliphatic heterocycles. The number of amides is 1. The summed E-state index contributed by atoms with van der Waals surface area (Å²) in [6.07, 6.45) is 0.393. The molecule has 1 unspecified atom stereocenters. The standard InChI is InChI=1S/C14H22N2O4S/c1-20-13-7-10(15)4-5-12(13)16-14(19)3-2-6-21-9-11(18)8-17/h4-5,7,11,17-18H,2-3,6,8-9,15H2,1H3,(H,16,19). The molecule has 1 amide bonds. The second-order valence-corrected chi connectivity index (χ2v) is 5.67. The lowest BCUT2D eigenvalue weighted by molar-refractivity contribution is -0.116. The van der Waals surface area contributed by atoms with E-state index in [0.29, 0.717) is 35.7 Å². The summed E-state index contributed by atoms with van der Waals surface area (Å²) in [6, 6.07) is 5.06. The van der Waals surface area contributed by atoms with E-state index in [1.165, 1.54) is 18.9 Å². The zero-order valence-corrected chi connectivity index (χ0v) is 12.9. The fourth-order valence-corrected chi connectivity index (χ4v) is 2.52. The van der Waals surface area contributed by atoms with Crippen molar-refractivity contribution in [1.29, 1.82) is 0 Å². The molecule has 0 aromatic heterocycles. The van der Waals surface area contributed by atoms with Crippen LogP contribution in [0.15, 0.2) is 18.2 Å². The first kappa shape index (κ1) is 17.6. The molecule has 0 bridgehead atoms. The first-order valence-electron chi connectivity index (χ1n) is 6.67. The van der Waals surface area contributed by atoms with Crippen molar-refractivity contribution in [3.05, 3.63) is 18.2 Å². The zero-order chi connectivity index (χ0) is 15.7. The molecule has 0 radical (unpaired) electrons. The predicted octanol–water partition coefficient (Wildman–Crippen LogP) is 1.08. The lowest BCUT2D eigenvalue weighted by Gasteiger charge is -2.11. The highest BCUT2D eigenvalue weighted by Crippen LogP contribution is 2.26. The third kappa shape index (κ3) is 6.70. The molecule has 0 spiro atoms. The van der Waals surface area contributed by atoms with Gasteiger partial charge in [-0.1, -0.05) is 0 Å². The summed E-state index contributed by atoms with van der Waals surface area (Å²) in [4.78, 5) is 11.8. The molecule has 21 heavy (non-hydrogen) atoms. The van der Waals surface area contributed by atoms with Crippen LogP contribution in [0.3, 0.4) is 0 Å². The maximum absolute atomic E-state index is 11.8. The van der Waals surface area contributed by atoms with Gasteiger partial charge in [0.25, 0.3) is 0 Å². The lowest BCUT2D eigenvalue weighted by Crippen LogP contribution is -2.15. The van der Waals surface area contributed by atoms with E-state index in [-0.39, 0.29) is 12.5 Å². The second-order valence-electron chi connectivity index (χ2n) is 4.52. The molecule has 1 aromatic carbocycles. The largest absolute Gasteiger partial charge is 0.494 e. The summed E-state index contributed by atoms with van der Waals surface area (Å²) in [5.74, 6) is 1.66. The number of nitrogen functional groups attached to an aromatic ring is 1. The summed E-state index contributed by atoms with van der Waals surface area (Å²) in [5.41, 5.74) is 6.82. The molecule has 6 nitrogen and oxygen atoms in total. The highest BCUT2D eigenvalue weighted by molar-refractivity contribution is 7.99. The van der Waals surface area contributed by atoms with Crippen molar-refractivity contribution >= 4 is 29.0 Å². The number of hydrogen-bond donors (Lipinski definition) is 4. The van der Waals surface area contributed by atoms with Crippen molar-refractivity contribution < 1.29 is 19.7 Å². The number of thioether (sulfide) groups is 1. The van der Waals surface area contributed by atoms with Crippen LogP contribution in [0.2, 0.25) is 0 Å². The van der Waals surface area contributed by atoms with E-state index in [1.807, 2.05) is 0 Å². The molecule has 0 heterocycles. The van der Waals surface area contributed by atoms with Gasteiger partial charge in [0.1, 0.15) is 5.75 Å². The number of nitrogens with two attached hydrogens (primary N) is 1. The number of benzene rings is 1. The van der Waals surface area contributed by atoms with Gasteiger partial charge in [-0.2, -0.15) is 11.8 Å². The summed E-state index contributed by atoms with van der Waals surface area (Å²) in [5, 5.41) is 20.6. The molecule has 0 aliphatic carbocycles. The van der Waals surface area contributed by atoms with Gasteiger partial charge in [-0.3, -0.25) is 4.79 Å². The summed E-state index contributed by atoms with van der Waals surface area (Å²) >= 11 is 1.51. The molecule has 0 aliphatic rings. The predicted molar refractivity (Wildman–Crippen MR) is 85.7 cm³/mol. The first-order valence-corrected chi connectivity index (χ1v) is 7.82. The van der Waals surface area contributed by atoms with Crippen LogP contribution in [-0.2, 0) is 4.79 Å².